The number of likely N-dealkylation sites (tertiary alicyclic amines) is 1. The van der Waals surface area contributed by atoms with Crippen LogP contribution in [0.4, 0.5) is 13.2 Å². The van der Waals surface area contributed by atoms with Gasteiger partial charge in [0.2, 0.25) is 5.91 Å². The Bertz CT molecular complexity index is 758. The zero-order chi connectivity index (χ0) is 22.1. The number of carboxylic acids is 1. The van der Waals surface area contributed by atoms with Gasteiger partial charge in [-0.05, 0) is 39.5 Å². The highest BCUT2D eigenvalue weighted by Crippen LogP contribution is 2.33. The van der Waals surface area contributed by atoms with Crippen LogP contribution in [0.2, 0.25) is 0 Å². The first-order valence-electron chi connectivity index (χ1n) is 9.94. The van der Waals surface area contributed by atoms with Crippen LogP contribution in [0.15, 0.2) is 4.52 Å². The van der Waals surface area contributed by atoms with Crippen molar-refractivity contribution >= 4 is 11.9 Å². The van der Waals surface area contributed by atoms with Crippen LogP contribution >= 0.6 is 0 Å². The number of aromatic nitrogens is 1. The Balaban J connectivity index is 0.000000318. The van der Waals surface area contributed by atoms with E-state index in [4.69, 9.17) is 19.2 Å². The van der Waals surface area contributed by atoms with Crippen molar-refractivity contribution in [1.82, 2.24) is 15.4 Å². The molecule has 3 fully saturated rings. The minimum absolute atomic E-state index is 0.00951. The molecule has 4 rings (SSSR count). The Kier molecular flexibility index (Phi) is 6.71. The summed E-state index contributed by atoms with van der Waals surface area (Å²) in [6, 6.07) is 0.404. The number of carbonyl (C=O) groups is 2. The van der Waals surface area contributed by atoms with Gasteiger partial charge in [0.15, 0.2) is 0 Å². The molecule has 3 unspecified atom stereocenters. The molecule has 1 aromatic rings. The van der Waals surface area contributed by atoms with Gasteiger partial charge in [-0.2, -0.15) is 13.2 Å². The number of morpholine rings is 1. The van der Waals surface area contributed by atoms with Crippen molar-refractivity contribution in [2.45, 2.75) is 70.5 Å². The number of hydrogen-bond acceptors (Lipinski definition) is 6. The number of ether oxygens (including phenoxy) is 1. The summed E-state index contributed by atoms with van der Waals surface area (Å²) in [4.78, 5) is 23.8. The van der Waals surface area contributed by atoms with E-state index in [-0.39, 0.29) is 24.0 Å². The van der Waals surface area contributed by atoms with Crippen molar-refractivity contribution in [3.8, 4) is 0 Å². The fraction of sp³-hybridized carbons (Fsp3) is 0.737. The Morgan fingerprint density at radius 1 is 1.27 bits per heavy atom. The topological polar surface area (TPSA) is 105 Å². The van der Waals surface area contributed by atoms with Gasteiger partial charge in [-0.3, -0.25) is 9.69 Å². The molecule has 1 aliphatic carbocycles. The lowest BCUT2D eigenvalue weighted by molar-refractivity contribution is -0.192. The molecule has 11 heteroatoms. The van der Waals surface area contributed by atoms with Crippen LogP contribution < -0.4 is 5.32 Å². The summed E-state index contributed by atoms with van der Waals surface area (Å²) in [5, 5.41) is 14.3. The van der Waals surface area contributed by atoms with Gasteiger partial charge in [0.1, 0.15) is 5.76 Å². The molecule has 3 atom stereocenters. The van der Waals surface area contributed by atoms with E-state index in [9.17, 15) is 18.0 Å². The average Bonchev–Trinajstić information content (AvgIpc) is 3.10. The third-order valence-corrected chi connectivity index (χ3v) is 5.83. The van der Waals surface area contributed by atoms with E-state index in [0.29, 0.717) is 6.04 Å². The second-order valence-electron chi connectivity index (χ2n) is 8.07. The summed E-state index contributed by atoms with van der Waals surface area (Å²) in [5.41, 5.74) is 2.13. The standard InChI is InChI=1S/C17H25N3O3.C2HF3O2/c1-10-15(11(2)23-19-10)8-20-7-13-6-14(16(9-20)22-13)17(21)18-12-4-3-5-12;3-2(4,5)1(6)7/h12-14,16H,3-9H2,1-2H3,(H,18,21);(H,6,7). The zero-order valence-corrected chi connectivity index (χ0v) is 16.9. The maximum absolute atomic E-state index is 12.5. The van der Waals surface area contributed by atoms with Crippen LogP contribution in [-0.4, -0.2) is 64.6 Å². The highest BCUT2D eigenvalue weighted by atomic mass is 19.4. The molecule has 2 N–H and O–H groups in total. The highest BCUT2D eigenvalue weighted by molar-refractivity contribution is 5.80. The lowest BCUT2D eigenvalue weighted by atomic mass is 9.91. The van der Waals surface area contributed by atoms with Crippen molar-refractivity contribution in [2.75, 3.05) is 13.1 Å². The van der Waals surface area contributed by atoms with Crippen molar-refractivity contribution in [3.05, 3.63) is 17.0 Å². The number of rotatable bonds is 4. The number of alkyl halides is 3. The predicted octanol–water partition coefficient (Wildman–Crippen LogP) is 2.18. The quantitative estimate of drug-likeness (QED) is 0.750. The normalized spacial score (nSPS) is 26.5. The van der Waals surface area contributed by atoms with Gasteiger partial charge in [-0.25, -0.2) is 4.79 Å². The van der Waals surface area contributed by atoms with Gasteiger partial charge >= 0.3 is 12.1 Å². The van der Waals surface area contributed by atoms with E-state index in [0.717, 1.165) is 50.4 Å². The fourth-order valence-electron chi connectivity index (χ4n) is 3.95. The summed E-state index contributed by atoms with van der Waals surface area (Å²) < 4.78 is 43.0. The Morgan fingerprint density at radius 2 is 1.93 bits per heavy atom. The summed E-state index contributed by atoms with van der Waals surface area (Å²) >= 11 is 0. The monoisotopic (exact) mass is 433 g/mol. The number of fused-ring (bicyclic) bond motifs is 2. The number of aryl methyl sites for hydroxylation is 2. The average molecular weight is 433 g/mol. The molecular weight excluding hydrogens is 407 g/mol. The van der Waals surface area contributed by atoms with Gasteiger partial charge in [-0.15, -0.1) is 0 Å². The van der Waals surface area contributed by atoms with Crippen molar-refractivity contribution in [2.24, 2.45) is 5.92 Å². The Hall–Kier alpha value is -2.14. The van der Waals surface area contributed by atoms with Crippen LogP contribution in [0, 0.1) is 19.8 Å². The predicted molar refractivity (Wildman–Crippen MR) is 97.5 cm³/mol. The Morgan fingerprint density at radius 3 is 2.43 bits per heavy atom. The molecule has 0 spiro atoms. The van der Waals surface area contributed by atoms with E-state index in [1.54, 1.807) is 0 Å². The summed E-state index contributed by atoms with van der Waals surface area (Å²) in [6.45, 7) is 6.46. The zero-order valence-electron chi connectivity index (χ0n) is 16.9. The number of nitrogens with one attached hydrogen (secondary N) is 1. The molecule has 0 aromatic carbocycles. The molecule has 30 heavy (non-hydrogen) atoms. The highest BCUT2D eigenvalue weighted by Gasteiger charge is 2.45. The van der Waals surface area contributed by atoms with Crippen molar-refractivity contribution < 1.29 is 37.1 Å². The largest absolute Gasteiger partial charge is 0.490 e. The SMILES string of the molecule is Cc1noc(C)c1CN1CC2CC(C(=O)NC3CCC3)C(C1)O2.O=C(O)C(F)(F)F. The second kappa shape index (κ2) is 8.93. The molecular formula is C19H26F3N3O5. The van der Waals surface area contributed by atoms with Gasteiger partial charge in [0, 0.05) is 31.2 Å². The van der Waals surface area contributed by atoms with Gasteiger partial charge < -0.3 is 19.7 Å². The molecule has 1 aromatic heterocycles. The molecule has 3 aliphatic rings. The van der Waals surface area contributed by atoms with E-state index in [1.807, 2.05) is 13.8 Å². The van der Waals surface area contributed by atoms with Gasteiger partial charge in [-0.1, -0.05) is 5.16 Å². The maximum Gasteiger partial charge on any atom is 0.490 e. The van der Waals surface area contributed by atoms with E-state index >= 15 is 0 Å². The molecule has 1 amide bonds. The maximum atomic E-state index is 12.5. The molecule has 3 heterocycles. The smallest absolute Gasteiger partial charge is 0.475 e. The summed E-state index contributed by atoms with van der Waals surface area (Å²) in [6.07, 6.45) is -0.539. The third kappa shape index (κ3) is 5.31. The number of hydrogen-bond donors (Lipinski definition) is 2. The lowest BCUT2D eigenvalue weighted by Gasteiger charge is -2.33. The number of carboxylic acid groups (broad SMARTS) is 1. The number of nitrogens with zero attached hydrogens (tertiary/aromatic N) is 2. The van der Waals surface area contributed by atoms with Crippen LogP contribution in [-0.2, 0) is 20.9 Å². The first kappa shape index (κ1) is 22.5. The number of aliphatic carboxylic acids is 1. The third-order valence-electron chi connectivity index (χ3n) is 5.83. The lowest BCUT2D eigenvalue weighted by Crippen LogP contribution is -2.47. The van der Waals surface area contributed by atoms with Crippen molar-refractivity contribution in [3.63, 3.8) is 0 Å². The Labute approximate surface area is 171 Å². The number of carbonyl (C=O) groups excluding carboxylic acids is 1. The first-order valence-corrected chi connectivity index (χ1v) is 9.94. The molecule has 2 aliphatic heterocycles. The molecule has 168 valence electrons. The van der Waals surface area contributed by atoms with E-state index in [1.165, 1.54) is 12.0 Å². The second-order valence-corrected chi connectivity index (χ2v) is 8.07. The van der Waals surface area contributed by atoms with Gasteiger partial charge in [0.25, 0.3) is 0 Å². The number of amides is 1. The minimum atomic E-state index is -5.08. The van der Waals surface area contributed by atoms with Crippen molar-refractivity contribution in [1.29, 1.82) is 0 Å². The fourth-order valence-corrected chi connectivity index (χ4v) is 3.95. The molecule has 2 saturated heterocycles. The van der Waals surface area contributed by atoms with E-state index < -0.39 is 12.1 Å². The van der Waals surface area contributed by atoms with Crippen LogP contribution in [0.3, 0.4) is 0 Å². The first-order chi connectivity index (χ1) is 14.0. The summed E-state index contributed by atoms with van der Waals surface area (Å²) in [7, 11) is 0. The molecule has 1 saturated carbocycles. The van der Waals surface area contributed by atoms with E-state index in [2.05, 4.69) is 15.4 Å². The molecule has 8 nitrogen and oxygen atoms in total. The number of halogens is 3. The van der Waals surface area contributed by atoms with Crippen LogP contribution in [0.1, 0.15) is 42.7 Å². The van der Waals surface area contributed by atoms with Gasteiger partial charge in [0.05, 0.1) is 23.8 Å². The molecule has 0 radical (unpaired) electrons. The molecule has 2 bridgehead atoms. The summed E-state index contributed by atoms with van der Waals surface area (Å²) in [5.74, 6) is -1.66. The van der Waals surface area contributed by atoms with Crippen LogP contribution in [0.25, 0.3) is 0 Å². The minimum Gasteiger partial charge on any atom is -0.475 e. The van der Waals surface area contributed by atoms with Crippen LogP contribution in [0.5, 0.6) is 0 Å².